The van der Waals surface area contributed by atoms with Crippen molar-refractivity contribution in [2.24, 2.45) is 10.7 Å². The van der Waals surface area contributed by atoms with Crippen LogP contribution in [0, 0.1) is 18.8 Å². The molecule has 0 saturated carbocycles. The Kier molecular flexibility index (Phi) is 10.2. The summed E-state index contributed by atoms with van der Waals surface area (Å²) in [6.07, 6.45) is 12.5. The van der Waals surface area contributed by atoms with Gasteiger partial charge in [-0.2, -0.15) is 0 Å². The molecule has 0 fully saturated rings. The number of nitrogens with two attached hydrogens (primary N) is 1. The second-order valence-electron chi connectivity index (χ2n) is 7.79. The standard InChI is InChI=1S/C29H36N4/c1-7-24(25(19-20-30)26-16-12-13-21(3)29(26)32-6)28(33-27(8-2)22(4)31-5)18-17-23-14-10-9-11-15-23/h9-10,12-14,16,19-20,22,31-32H,2,7,11,15,30H2,1,3-6H3/b20-19+,25-24+,33-28?. The average Bonchev–Trinajstić information content (AvgIpc) is 2.85. The fourth-order valence-corrected chi connectivity index (χ4v) is 3.72. The third kappa shape index (κ3) is 6.73. The lowest BCUT2D eigenvalue weighted by atomic mass is 9.92. The summed E-state index contributed by atoms with van der Waals surface area (Å²) in [6, 6.07) is 6.25. The first-order chi connectivity index (χ1) is 16.0. The first-order valence-electron chi connectivity index (χ1n) is 11.4. The van der Waals surface area contributed by atoms with Gasteiger partial charge >= 0.3 is 0 Å². The van der Waals surface area contributed by atoms with Gasteiger partial charge in [0.15, 0.2) is 0 Å². The molecule has 1 aliphatic carbocycles. The summed E-state index contributed by atoms with van der Waals surface area (Å²) in [5, 5.41) is 6.56. The van der Waals surface area contributed by atoms with Gasteiger partial charge < -0.3 is 16.4 Å². The van der Waals surface area contributed by atoms with Gasteiger partial charge in [0.25, 0.3) is 0 Å². The Hall–Kier alpha value is -3.51. The molecular weight excluding hydrogens is 404 g/mol. The van der Waals surface area contributed by atoms with Gasteiger partial charge in [-0.25, -0.2) is 4.99 Å². The van der Waals surface area contributed by atoms with Crippen LogP contribution < -0.4 is 16.4 Å². The second kappa shape index (κ2) is 13.1. The summed E-state index contributed by atoms with van der Waals surface area (Å²) in [6.45, 7) is 10.1. The summed E-state index contributed by atoms with van der Waals surface area (Å²) in [5.74, 6) is 6.73. The van der Waals surface area contributed by atoms with Crippen LogP contribution in [-0.4, -0.2) is 25.8 Å². The number of hydrogen-bond donors (Lipinski definition) is 3. The Morgan fingerprint density at radius 3 is 2.70 bits per heavy atom. The van der Waals surface area contributed by atoms with Gasteiger partial charge in [-0.15, -0.1) is 5.73 Å². The van der Waals surface area contributed by atoms with E-state index < -0.39 is 0 Å². The molecule has 0 heterocycles. The molecule has 0 bridgehead atoms. The van der Waals surface area contributed by atoms with E-state index in [1.807, 2.05) is 27.1 Å². The van der Waals surface area contributed by atoms with E-state index in [0.29, 0.717) is 5.71 Å². The van der Waals surface area contributed by atoms with Crippen molar-refractivity contribution >= 4 is 17.0 Å². The minimum absolute atomic E-state index is 0.00502. The minimum Gasteiger partial charge on any atom is -0.405 e. The average molecular weight is 441 g/mol. The maximum atomic E-state index is 5.91. The number of para-hydroxylation sites is 1. The van der Waals surface area contributed by atoms with Crippen molar-refractivity contribution in [3.05, 3.63) is 89.0 Å². The molecule has 2 rings (SSSR count). The summed E-state index contributed by atoms with van der Waals surface area (Å²) in [7, 11) is 3.83. The van der Waals surface area contributed by atoms with Gasteiger partial charge in [-0.3, -0.25) is 0 Å². The number of benzene rings is 1. The van der Waals surface area contributed by atoms with Crippen LogP contribution in [0.25, 0.3) is 5.57 Å². The topological polar surface area (TPSA) is 62.4 Å². The van der Waals surface area contributed by atoms with Crippen molar-refractivity contribution < 1.29 is 0 Å². The van der Waals surface area contributed by atoms with E-state index >= 15 is 0 Å². The molecule has 1 atom stereocenters. The zero-order valence-corrected chi connectivity index (χ0v) is 20.5. The van der Waals surface area contributed by atoms with E-state index in [1.54, 1.807) is 6.20 Å². The zero-order chi connectivity index (χ0) is 24.2. The zero-order valence-electron chi connectivity index (χ0n) is 20.5. The van der Waals surface area contributed by atoms with Gasteiger partial charge in [-0.1, -0.05) is 55.9 Å². The summed E-state index contributed by atoms with van der Waals surface area (Å²) < 4.78 is 0. The molecule has 1 aliphatic rings. The Bertz CT molecular complexity index is 1110. The lowest BCUT2D eigenvalue weighted by molar-refractivity contribution is 0.687. The van der Waals surface area contributed by atoms with Crippen LogP contribution in [0.15, 0.2) is 82.8 Å². The van der Waals surface area contributed by atoms with E-state index in [9.17, 15) is 0 Å². The third-order valence-corrected chi connectivity index (χ3v) is 5.65. The SMILES string of the molecule is C=C=C(N=C(C#CC1=CC=CCC1)/C(CC)=C(\C=C\N)c1cccc(C)c1NC)C(C)NC. The molecule has 4 N–H and O–H groups in total. The smallest absolute Gasteiger partial charge is 0.118 e. The normalized spacial score (nSPS) is 15.2. The maximum absolute atomic E-state index is 5.91. The third-order valence-electron chi connectivity index (χ3n) is 5.65. The molecule has 0 amide bonds. The number of rotatable bonds is 8. The van der Waals surface area contributed by atoms with E-state index in [2.05, 4.69) is 85.1 Å². The number of nitrogens with one attached hydrogen (secondary N) is 2. The van der Waals surface area contributed by atoms with Crippen molar-refractivity contribution in [3.8, 4) is 11.8 Å². The van der Waals surface area contributed by atoms with Crippen LogP contribution >= 0.6 is 0 Å². The Morgan fingerprint density at radius 1 is 1.33 bits per heavy atom. The van der Waals surface area contributed by atoms with Crippen LogP contribution in [-0.2, 0) is 0 Å². The minimum atomic E-state index is -0.00502. The van der Waals surface area contributed by atoms with Crippen molar-refractivity contribution in [1.29, 1.82) is 0 Å². The van der Waals surface area contributed by atoms with E-state index in [1.165, 1.54) is 0 Å². The Labute approximate surface area is 199 Å². The van der Waals surface area contributed by atoms with Crippen LogP contribution in [0.1, 0.15) is 44.2 Å². The van der Waals surface area contributed by atoms with Gasteiger partial charge in [0, 0.05) is 23.9 Å². The van der Waals surface area contributed by atoms with Gasteiger partial charge in [0.05, 0.1) is 11.7 Å². The number of aliphatic imine (C=N–C) groups is 1. The van der Waals surface area contributed by atoms with Gasteiger partial charge in [0.1, 0.15) is 5.71 Å². The number of likely N-dealkylation sites (N-methyl/N-ethyl adjacent to an activating group) is 1. The van der Waals surface area contributed by atoms with Crippen LogP contribution in [0.4, 0.5) is 5.69 Å². The fraction of sp³-hybridized carbons (Fsp3) is 0.310. The molecule has 4 nitrogen and oxygen atoms in total. The van der Waals surface area contributed by atoms with Crippen molar-refractivity contribution in [2.75, 3.05) is 19.4 Å². The highest BCUT2D eigenvalue weighted by atomic mass is 14.9. The number of aryl methyl sites for hydroxylation is 1. The number of anilines is 1. The molecule has 0 aliphatic heterocycles. The lowest BCUT2D eigenvalue weighted by Gasteiger charge is -2.17. The van der Waals surface area contributed by atoms with Crippen LogP contribution in [0.2, 0.25) is 0 Å². The predicted octanol–water partition coefficient (Wildman–Crippen LogP) is 5.67. The second-order valence-corrected chi connectivity index (χ2v) is 7.79. The van der Waals surface area contributed by atoms with E-state index in [0.717, 1.165) is 58.5 Å². The molecule has 0 aromatic heterocycles. The molecule has 1 unspecified atom stereocenters. The highest BCUT2D eigenvalue weighted by Crippen LogP contribution is 2.32. The van der Waals surface area contributed by atoms with Crippen LogP contribution in [0.3, 0.4) is 0 Å². The Balaban J connectivity index is 2.84. The maximum Gasteiger partial charge on any atom is 0.118 e. The number of nitrogens with zero attached hydrogens (tertiary/aromatic N) is 1. The molecule has 0 radical (unpaired) electrons. The Morgan fingerprint density at radius 2 is 2.12 bits per heavy atom. The van der Waals surface area contributed by atoms with Gasteiger partial charge in [0.2, 0.25) is 0 Å². The summed E-state index contributed by atoms with van der Waals surface area (Å²) >= 11 is 0. The molecule has 0 spiro atoms. The highest BCUT2D eigenvalue weighted by molar-refractivity contribution is 6.18. The first-order valence-corrected chi connectivity index (χ1v) is 11.4. The van der Waals surface area contributed by atoms with Crippen molar-refractivity contribution in [3.63, 3.8) is 0 Å². The monoisotopic (exact) mass is 440 g/mol. The van der Waals surface area contributed by atoms with E-state index in [-0.39, 0.29) is 6.04 Å². The first kappa shape index (κ1) is 25.7. The predicted molar refractivity (Wildman–Crippen MR) is 144 cm³/mol. The molecule has 4 heteroatoms. The molecular formula is C29H36N4. The highest BCUT2D eigenvalue weighted by Gasteiger charge is 2.16. The molecule has 0 saturated heterocycles. The van der Waals surface area contributed by atoms with Crippen molar-refractivity contribution in [2.45, 2.75) is 46.1 Å². The van der Waals surface area contributed by atoms with Gasteiger partial charge in [-0.05, 0) is 75.1 Å². The quantitative estimate of drug-likeness (QED) is 0.211. The van der Waals surface area contributed by atoms with E-state index in [4.69, 9.17) is 10.7 Å². The molecule has 1 aromatic carbocycles. The largest absolute Gasteiger partial charge is 0.405 e. The molecule has 172 valence electrons. The summed E-state index contributed by atoms with van der Waals surface area (Å²) in [5.41, 5.74) is 16.7. The summed E-state index contributed by atoms with van der Waals surface area (Å²) in [4.78, 5) is 4.95. The molecule has 1 aromatic rings. The number of hydrogen-bond acceptors (Lipinski definition) is 4. The number of allylic oxidation sites excluding steroid dienone is 7. The van der Waals surface area contributed by atoms with Crippen molar-refractivity contribution in [1.82, 2.24) is 5.32 Å². The fourth-order valence-electron chi connectivity index (χ4n) is 3.72. The molecule has 33 heavy (non-hydrogen) atoms. The van der Waals surface area contributed by atoms with Crippen LogP contribution in [0.5, 0.6) is 0 Å². The lowest BCUT2D eigenvalue weighted by Crippen LogP contribution is -2.23.